The molecule has 0 fully saturated rings. The van der Waals surface area contributed by atoms with Crippen molar-refractivity contribution in [1.29, 1.82) is 0 Å². The number of nitrogens with one attached hydrogen (secondary N) is 1. The first-order valence-electron chi connectivity index (χ1n) is 12.4. The molecule has 0 aromatic heterocycles. The molecule has 3 rings (SSSR count). The van der Waals surface area contributed by atoms with Gasteiger partial charge in [-0.15, -0.1) is 0 Å². The number of amides is 2. The van der Waals surface area contributed by atoms with E-state index < -0.39 is 28.5 Å². The van der Waals surface area contributed by atoms with E-state index in [1.165, 1.54) is 12.0 Å². The predicted octanol–water partition coefficient (Wildman–Crippen LogP) is 3.55. The van der Waals surface area contributed by atoms with Gasteiger partial charge in [-0.1, -0.05) is 60.7 Å². The van der Waals surface area contributed by atoms with Gasteiger partial charge in [0, 0.05) is 25.6 Å². The lowest BCUT2D eigenvalue weighted by Gasteiger charge is -2.33. The number of sulfonamides is 1. The Bertz CT molecular complexity index is 1350. The third-order valence-corrected chi connectivity index (χ3v) is 7.39. The minimum absolute atomic E-state index is 0.149. The molecule has 9 heteroatoms. The van der Waals surface area contributed by atoms with Crippen molar-refractivity contribution in [3.63, 3.8) is 0 Å². The summed E-state index contributed by atoms with van der Waals surface area (Å²) < 4.78 is 32.0. The Morgan fingerprint density at radius 3 is 2.29 bits per heavy atom. The van der Waals surface area contributed by atoms with Crippen LogP contribution in [0.5, 0.6) is 5.75 Å². The monoisotopic (exact) mass is 537 g/mol. The van der Waals surface area contributed by atoms with Crippen LogP contribution in [0, 0.1) is 6.92 Å². The number of hydrogen-bond donors (Lipinski definition) is 1. The van der Waals surface area contributed by atoms with Gasteiger partial charge in [0.15, 0.2) is 0 Å². The second-order valence-electron chi connectivity index (χ2n) is 9.02. The average molecular weight is 538 g/mol. The Balaban J connectivity index is 2.05. The van der Waals surface area contributed by atoms with Gasteiger partial charge in [-0.3, -0.25) is 13.9 Å². The molecule has 0 aliphatic heterocycles. The van der Waals surface area contributed by atoms with Gasteiger partial charge in [0.05, 0.1) is 19.1 Å². The Labute approximate surface area is 225 Å². The van der Waals surface area contributed by atoms with Crippen molar-refractivity contribution in [2.75, 3.05) is 30.8 Å². The van der Waals surface area contributed by atoms with Crippen LogP contribution in [0.1, 0.15) is 23.6 Å². The summed E-state index contributed by atoms with van der Waals surface area (Å²) in [6.45, 7) is 3.84. The summed E-state index contributed by atoms with van der Waals surface area (Å²) in [6.07, 6.45) is 1.33. The largest absolute Gasteiger partial charge is 0.497 e. The smallest absolute Gasteiger partial charge is 0.244 e. The van der Waals surface area contributed by atoms with Crippen molar-refractivity contribution in [3.8, 4) is 5.75 Å². The van der Waals surface area contributed by atoms with Crippen molar-refractivity contribution in [2.24, 2.45) is 0 Å². The lowest BCUT2D eigenvalue weighted by atomic mass is 10.0. The highest BCUT2D eigenvalue weighted by atomic mass is 32.2. The Hall–Kier alpha value is -3.85. The number of aryl methyl sites for hydroxylation is 1. The van der Waals surface area contributed by atoms with Crippen LogP contribution in [0.4, 0.5) is 5.69 Å². The Kier molecular flexibility index (Phi) is 9.90. The first-order valence-corrected chi connectivity index (χ1v) is 14.3. The molecule has 3 aromatic rings. The van der Waals surface area contributed by atoms with E-state index in [2.05, 4.69) is 5.32 Å². The summed E-state index contributed by atoms with van der Waals surface area (Å²) in [5, 5.41) is 2.85. The molecule has 0 radical (unpaired) electrons. The van der Waals surface area contributed by atoms with Crippen LogP contribution >= 0.6 is 0 Å². The zero-order chi connectivity index (χ0) is 27.7. The third-order valence-electron chi connectivity index (χ3n) is 6.24. The summed E-state index contributed by atoms with van der Waals surface area (Å²) in [7, 11) is -2.35. The zero-order valence-corrected chi connectivity index (χ0v) is 23.1. The second kappa shape index (κ2) is 13.1. The fraction of sp³-hybridized carbons (Fsp3) is 0.310. The molecular weight excluding hydrogens is 502 g/mol. The number of carbonyl (C=O) groups is 2. The average Bonchev–Trinajstić information content (AvgIpc) is 2.90. The van der Waals surface area contributed by atoms with Gasteiger partial charge in [-0.2, -0.15) is 0 Å². The van der Waals surface area contributed by atoms with Gasteiger partial charge in [0.25, 0.3) is 0 Å². The van der Waals surface area contributed by atoms with Crippen LogP contribution in [0.2, 0.25) is 0 Å². The lowest BCUT2D eigenvalue weighted by molar-refractivity contribution is -0.140. The molecular formula is C29H35N3O5S. The normalized spacial score (nSPS) is 11.9. The molecule has 0 spiro atoms. The Morgan fingerprint density at radius 2 is 1.66 bits per heavy atom. The molecule has 0 heterocycles. The van der Waals surface area contributed by atoms with E-state index in [0.29, 0.717) is 18.0 Å². The van der Waals surface area contributed by atoms with Crippen LogP contribution in [0.25, 0.3) is 0 Å². The number of ether oxygens (including phenoxy) is 1. The van der Waals surface area contributed by atoms with Crippen molar-refractivity contribution in [2.45, 2.75) is 32.9 Å². The highest BCUT2D eigenvalue weighted by Gasteiger charge is 2.33. The standard InChI is InChI=1S/C29H35N3O5S/c1-5-30-29(34)27(18-23-13-7-6-8-14-23)31(20-24-15-10-9-12-22(24)2)28(33)21-32(38(4,35)36)25-16-11-17-26(19-25)37-3/h6-17,19,27H,5,18,20-21H2,1-4H3,(H,30,34)/t27-/m1/s1. The molecule has 0 aliphatic carbocycles. The molecule has 8 nitrogen and oxygen atoms in total. The molecule has 0 saturated heterocycles. The molecule has 0 bridgehead atoms. The third kappa shape index (κ3) is 7.58. The van der Waals surface area contributed by atoms with E-state index in [-0.39, 0.29) is 18.9 Å². The van der Waals surface area contributed by atoms with Crippen LogP contribution < -0.4 is 14.4 Å². The van der Waals surface area contributed by atoms with E-state index in [4.69, 9.17) is 4.74 Å². The van der Waals surface area contributed by atoms with Gasteiger partial charge in [0.1, 0.15) is 18.3 Å². The molecule has 0 unspecified atom stereocenters. The first-order chi connectivity index (χ1) is 18.1. The molecule has 0 aliphatic rings. The van der Waals surface area contributed by atoms with Crippen molar-refractivity contribution in [3.05, 3.63) is 95.6 Å². The molecule has 1 atom stereocenters. The van der Waals surface area contributed by atoms with Gasteiger partial charge >= 0.3 is 0 Å². The van der Waals surface area contributed by atoms with Crippen molar-refractivity contribution < 1.29 is 22.7 Å². The summed E-state index contributed by atoms with van der Waals surface area (Å²) in [6, 6.07) is 22.8. The SMILES string of the molecule is CCNC(=O)[C@@H](Cc1ccccc1)N(Cc1ccccc1C)C(=O)CN(c1cccc(OC)c1)S(C)(=O)=O. The predicted molar refractivity (Wildman–Crippen MR) is 150 cm³/mol. The summed E-state index contributed by atoms with van der Waals surface area (Å²) >= 11 is 0. The fourth-order valence-corrected chi connectivity index (χ4v) is 5.04. The topological polar surface area (TPSA) is 96.0 Å². The molecule has 38 heavy (non-hydrogen) atoms. The number of rotatable bonds is 12. The van der Waals surface area contributed by atoms with E-state index in [1.54, 1.807) is 24.3 Å². The highest BCUT2D eigenvalue weighted by Crippen LogP contribution is 2.24. The zero-order valence-electron chi connectivity index (χ0n) is 22.3. The number of benzene rings is 3. The highest BCUT2D eigenvalue weighted by molar-refractivity contribution is 7.92. The minimum atomic E-state index is -3.84. The van der Waals surface area contributed by atoms with Crippen LogP contribution in [0.3, 0.4) is 0 Å². The van der Waals surface area contributed by atoms with Crippen LogP contribution in [0.15, 0.2) is 78.9 Å². The van der Waals surface area contributed by atoms with Crippen molar-refractivity contribution >= 4 is 27.5 Å². The van der Waals surface area contributed by atoms with Gasteiger partial charge in [0.2, 0.25) is 21.8 Å². The van der Waals surface area contributed by atoms with Crippen LogP contribution in [-0.2, 0) is 32.6 Å². The Morgan fingerprint density at radius 1 is 0.974 bits per heavy atom. The maximum Gasteiger partial charge on any atom is 0.244 e. The van der Waals surface area contributed by atoms with Crippen LogP contribution in [-0.4, -0.2) is 57.6 Å². The summed E-state index contributed by atoms with van der Waals surface area (Å²) in [5.41, 5.74) is 3.02. The lowest BCUT2D eigenvalue weighted by Crippen LogP contribution is -2.53. The number of likely N-dealkylation sites (N-methyl/N-ethyl adjacent to an activating group) is 1. The quantitative estimate of drug-likeness (QED) is 0.381. The maximum absolute atomic E-state index is 14.0. The molecule has 2 amide bonds. The molecule has 3 aromatic carbocycles. The van der Waals surface area contributed by atoms with Crippen molar-refractivity contribution in [1.82, 2.24) is 10.2 Å². The van der Waals surface area contributed by atoms with Gasteiger partial charge in [-0.25, -0.2) is 8.42 Å². The number of nitrogens with zero attached hydrogens (tertiary/aromatic N) is 2. The number of anilines is 1. The summed E-state index contributed by atoms with van der Waals surface area (Å²) in [5.74, 6) is -0.330. The molecule has 202 valence electrons. The number of methoxy groups -OCH3 is 1. The maximum atomic E-state index is 14.0. The number of hydrogen-bond acceptors (Lipinski definition) is 5. The molecule has 1 N–H and O–H groups in total. The van der Waals surface area contributed by atoms with Gasteiger partial charge in [-0.05, 0) is 42.7 Å². The second-order valence-corrected chi connectivity index (χ2v) is 10.9. The van der Waals surface area contributed by atoms with E-state index in [0.717, 1.165) is 27.3 Å². The first kappa shape index (κ1) is 28.7. The summed E-state index contributed by atoms with van der Waals surface area (Å²) in [4.78, 5) is 28.8. The fourth-order valence-electron chi connectivity index (χ4n) is 4.20. The van der Waals surface area contributed by atoms with E-state index in [1.807, 2.05) is 68.4 Å². The van der Waals surface area contributed by atoms with E-state index in [9.17, 15) is 18.0 Å². The number of carbonyl (C=O) groups excluding carboxylic acids is 2. The minimum Gasteiger partial charge on any atom is -0.497 e. The molecule has 0 saturated carbocycles. The van der Waals surface area contributed by atoms with Gasteiger partial charge < -0.3 is 15.0 Å². The van der Waals surface area contributed by atoms with E-state index >= 15 is 0 Å².